The van der Waals surface area contributed by atoms with Crippen molar-refractivity contribution in [3.05, 3.63) is 0 Å². The van der Waals surface area contributed by atoms with Crippen LogP contribution >= 0.6 is 0 Å². The second-order valence-electron chi connectivity index (χ2n) is 4.56. The van der Waals surface area contributed by atoms with Crippen LogP contribution < -0.4 is 10.6 Å². The summed E-state index contributed by atoms with van der Waals surface area (Å²) in [5, 5.41) is 15.1. The summed E-state index contributed by atoms with van der Waals surface area (Å²) in [7, 11) is 0. The normalized spacial score (nSPS) is 28.5. The minimum absolute atomic E-state index is 0.0391. The Balaban J connectivity index is 2.21. The molecule has 0 bridgehead atoms. The molecule has 3 unspecified atom stereocenters. The van der Waals surface area contributed by atoms with Crippen LogP contribution in [-0.4, -0.2) is 36.2 Å². The predicted octanol–water partition coefficient (Wildman–Crippen LogP) is 0.262. The molecule has 3 atom stereocenters. The molecule has 1 fully saturated rings. The van der Waals surface area contributed by atoms with E-state index in [-0.39, 0.29) is 18.1 Å². The van der Waals surface area contributed by atoms with Gasteiger partial charge in [0.2, 0.25) is 5.91 Å². The molecule has 0 aromatic rings. The molecule has 15 heavy (non-hydrogen) atoms. The molecule has 1 rings (SSSR count). The lowest BCUT2D eigenvalue weighted by Gasteiger charge is -2.27. The van der Waals surface area contributed by atoms with Gasteiger partial charge in [-0.2, -0.15) is 0 Å². The van der Waals surface area contributed by atoms with Crippen LogP contribution in [-0.2, 0) is 4.79 Å². The molecule has 88 valence electrons. The van der Waals surface area contributed by atoms with Crippen LogP contribution in [0.3, 0.4) is 0 Å². The number of piperidine rings is 1. The molecule has 4 heteroatoms. The van der Waals surface area contributed by atoms with Crippen molar-refractivity contribution in [1.82, 2.24) is 10.6 Å². The molecule has 0 aromatic heterocycles. The van der Waals surface area contributed by atoms with Gasteiger partial charge in [0, 0.05) is 6.54 Å². The topological polar surface area (TPSA) is 61.4 Å². The molecule has 4 nitrogen and oxygen atoms in total. The molecule has 0 radical (unpaired) electrons. The van der Waals surface area contributed by atoms with Gasteiger partial charge in [-0.1, -0.05) is 6.92 Å². The molecule has 3 N–H and O–H groups in total. The molecule has 1 amide bonds. The molecule has 1 saturated heterocycles. The predicted molar refractivity (Wildman–Crippen MR) is 59.5 cm³/mol. The first-order chi connectivity index (χ1) is 7.09. The molecular formula is C11H22N2O2. The van der Waals surface area contributed by atoms with Gasteiger partial charge in [0.15, 0.2) is 0 Å². The maximum atomic E-state index is 11.7. The van der Waals surface area contributed by atoms with Gasteiger partial charge in [-0.05, 0) is 38.6 Å². The van der Waals surface area contributed by atoms with Crippen molar-refractivity contribution in [3.8, 4) is 0 Å². The third-order valence-electron chi connectivity index (χ3n) is 2.84. The highest BCUT2D eigenvalue weighted by atomic mass is 16.3. The van der Waals surface area contributed by atoms with Gasteiger partial charge >= 0.3 is 0 Å². The van der Waals surface area contributed by atoms with Crippen molar-refractivity contribution in [2.75, 3.05) is 13.1 Å². The first-order valence-corrected chi connectivity index (χ1v) is 5.78. The van der Waals surface area contributed by atoms with Crippen LogP contribution in [0.1, 0.15) is 33.1 Å². The summed E-state index contributed by atoms with van der Waals surface area (Å²) in [6.07, 6.45) is 2.34. The van der Waals surface area contributed by atoms with Crippen LogP contribution in [0, 0.1) is 5.92 Å². The highest BCUT2D eigenvalue weighted by Crippen LogP contribution is 2.14. The molecule has 0 aliphatic carbocycles. The number of amides is 1. The Kier molecular flexibility index (Phi) is 5.05. The number of hydrogen-bond donors (Lipinski definition) is 3. The van der Waals surface area contributed by atoms with Gasteiger partial charge in [-0.25, -0.2) is 0 Å². The van der Waals surface area contributed by atoms with Gasteiger partial charge < -0.3 is 15.7 Å². The second kappa shape index (κ2) is 6.08. The van der Waals surface area contributed by atoms with E-state index in [1.165, 1.54) is 0 Å². The molecule has 0 saturated carbocycles. The van der Waals surface area contributed by atoms with E-state index < -0.39 is 0 Å². The van der Waals surface area contributed by atoms with E-state index in [1.54, 1.807) is 6.92 Å². The van der Waals surface area contributed by atoms with E-state index in [0.717, 1.165) is 19.4 Å². The smallest absolute Gasteiger partial charge is 0.237 e. The zero-order chi connectivity index (χ0) is 11.3. The number of aliphatic hydroxyl groups excluding tert-OH is 1. The summed E-state index contributed by atoms with van der Waals surface area (Å²) in [6.45, 7) is 5.39. The quantitative estimate of drug-likeness (QED) is 0.629. The Morgan fingerprint density at radius 2 is 2.40 bits per heavy atom. The third-order valence-corrected chi connectivity index (χ3v) is 2.84. The Bertz CT molecular complexity index is 207. The Morgan fingerprint density at radius 3 is 3.00 bits per heavy atom. The van der Waals surface area contributed by atoms with Crippen LogP contribution in [0.25, 0.3) is 0 Å². The summed E-state index contributed by atoms with van der Waals surface area (Å²) in [5.41, 5.74) is 0. The SMILES string of the molecule is CC(O)CCNC(=O)C1CC(C)CCN1. The largest absolute Gasteiger partial charge is 0.393 e. The molecule has 0 aromatic carbocycles. The summed E-state index contributed by atoms with van der Waals surface area (Å²) in [5.74, 6) is 0.695. The van der Waals surface area contributed by atoms with Crippen molar-refractivity contribution in [1.29, 1.82) is 0 Å². The van der Waals surface area contributed by atoms with E-state index in [1.807, 2.05) is 0 Å². The van der Waals surface area contributed by atoms with E-state index in [9.17, 15) is 4.79 Å². The average molecular weight is 214 g/mol. The van der Waals surface area contributed by atoms with Crippen molar-refractivity contribution >= 4 is 5.91 Å². The van der Waals surface area contributed by atoms with Crippen LogP contribution in [0.4, 0.5) is 0 Å². The van der Waals surface area contributed by atoms with Gasteiger partial charge in [-0.3, -0.25) is 4.79 Å². The number of carbonyl (C=O) groups excluding carboxylic acids is 1. The van der Waals surface area contributed by atoms with E-state index in [4.69, 9.17) is 5.11 Å². The molecule has 1 aliphatic rings. The Morgan fingerprint density at radius 1 is 1.67 bits per heavy atom. The number of rotatable bonds is 4. The first-order valence-electron chi connectivity index (χ1n) is 5.78. The second-order valence-corrected chi connectivity index (χ2v) is 4.56. The highest BCUT2D eigenvalue weighted by molar-refractivity contribution is 5.81. The summed E-state index contributed by atoms with van der Waals surface area (Å²) in [6, 6.07) is -0.0391. The molecule has 0 spiro atoms. The maximum Gasteiger partial charge on any atom is 0.237 e. The average Bonchev–Trinajstić information content (AvgIpc) is 2.17. The summed E-state index contributed by atoms with van der Waals surface area (Å²) < 4.78 is 0. The van der Waals surface area contributed by atoms with Gasteiger partial charge in [-0.15, -0.1) is 0 Å². The number of aliphatic hydroxyl groups is 1. The van der Waals surface area contributed by atoms with Crippen LogP contribution in [0.5, 0.6) is 0 Å². The van der Waals surface area contributed by atoms with Crippen LogP contribution in [0.2, 0.25) is 0 Å². The maximum absolute atomic E-state index is 11.7. The minimum atomic E-state index is -0.344. The molecular weight excluding hydrogens is 192 g/mol. The fourth-order valence-corrected chi connectivity index (χ4v) is 1.83. The number of carbonyl (C=O) groups is 1. The van der Waals surface area contributed by atoms with E-state index in [2.05, 4.69) is 17.6 Å². The fourth-order valence-electron chi connectivity index (χ4n) is 1.83. The third kappa shape index (κ3) is 4.62. The fraction of sp³-hybridized carbons (Fsp3) is 0.909. The van der Waals surface area contributed by atoms with Crippen molar-refractivity contribution in [2.45, 2.75) is 45.3 Å². The number of nitrogens with one attached hydrogen (secondary N) is 2. The van der Waals surface area contributed by atoms with Crippen molar-refractivity contribution < 1.29 is 9.90 Å². The first kappa shape index (κ1) is 12.5. The van der Waals surface area contributed by atoms with E-state index >= 15 is 0 Å². The van der Waals surface area contributed by atoms with Gasteiger partial charge in [0.05, 0.1) is 12.1 Å². The monoisotopic (exact) mass is 214 g/mol. The minimum Gasteiger partial charge on any atom is -0.393 e. The summed E-state index contributed by atoms with van der Waals surface area (Å²) in [4.78, 5) is 11.7. The molecule has 1 aliphatic heterocycles. The van der Waals surface area contributed by atoms with Crippen LogP contribution in [0.15, 0.2) is 0 Å². The lowest BCUT2D eigenvalue weighted by Crippen LogP contribution is -2.48. The summed E-state index contributed by atoms with van der Waals surface area (Å²) >= 11 is 0. The number of hydrogen-bond acceptors (Lipinski definition) is 3. The lowest BCUT2D eigenvalue weighted by molar-refractivity contribution is -0.124. The van der Waals surface area contributed by atoms with Crippen molar-refractivity contribution in [3.63, 3.8) is 0 Å². The van der Waals surface area contributed by atoms with Crippen molar-refractivity contribution in [2.24, 2.45) is 5.92 Å². The van der Waals surface area contributed by atoms with Gasteiger partial charge in [0.1, 0.15) is 0 Å². The zero-order valence-corrected chi connectivity index (χ0v) is 9.62. The Labute approximate surface area is 91.4 Å². The Hall–Kier alpha value is -0.610. The zero-order valence-electron chi connectivity index (χ0n) is 9.62. The standard InChI is InChI=1S/C11H22N2O2/c1-8-3-5-12-10(7-8)11(15)13-6-4-9(2)14/h8-10,12,14H,3-7H2,1-2H3,(H,13,15). The van der Waals surface area contributed by atoms with Gasteiger partial charge in [0.25, 0.3) is 0 Å². The molecule has 1 heterocycles. The van der Waals surface area contributed by atoms with E-state index in [0.29, 0.717) is 18.9 Å². The lowest BCUT2D eigenvalue weighted by atomic mass is 9.94. The highest BCUT2D eigenvalue weighted by Gasteiger charge is 2.23.